The summed E-state index contributed by atoms with van der Waals surface area (Å²) in [7, 11) is 0. The molecule has 3 atom stereocenters. The van der Waals surface area contributed by atoms with E-state index >= 15 is 0 Å². The number of rotatable bonds is 5. The van der Waals surface area contributed by atoms with E-state index in [4.69, 9.17) is 0 Å². The van der Waals surface area contributed by atoms with Crippen molar-refractivity contribution in [2.24, 2.45) is 17.8 Å². The Bertz CT molecular complexity index is 291. The first-order chi connectivity index (χ1) is 7.97. The molecule has 0 saturated carbocycles. The maximum Gasteiger partial charge on any atom is 0.153 e. The van der Waals surface area contributed by atoms with Crippen molar-refractivity contribution in [1.82, 2.24) is 5.32 Å². The fourth-order valence-electron chi connectivity index (χ4n) is 2.30. The van der Waals surface area contributed by atoms with Crippen LogP contribution in [-0.2, 0) is 9.59 Å². The van der Waals surface area contributed by atoms with Crippen LogP contribution in [0.2, 0.25) is 0 Å². The highest BCUT2D eigenvalue weighted by molar-refractivity contribution is 7.80. The molecule has 1 N–H and O–H groups in total. The molecular formula is C13H23NO2S. The normalized spacial score (nSPS) is 26.9. The molecule has 0 radical (unpaired) electrons. The van der Waals surface area contributed by atoms with Gasteiger partial charge in [0.2, 0.25) is 0 Å². The second-order valence-electron chi connectivity index (χ2n) is 5.27. The standard InChI is InChI=1S/C13H23NO2S/c1-8(2)12(15)10-4-5-14-11(6-10)13(16)9(3)7-17/h8-11,14,17H,4-7H2,1-3H3/t9?,10-,11+/m0/s1. The van der Waals surface area contributed by atoms with Crippen LogP contribution in [-0.4, -0.2) is 29.9 Å². The van der Waals surface area contributed by atoms with E-state index < -0.39 is 0 Å². The Hall–Kier alpha value is -0.350. The Morgan fingerprint density at radius 3 is 2.47 bits per heavy atom. The number of piperidine rings is 1. The number of thiol groups is 1. The van der Waals surface area contributed by atoms with Gasteiger partial charge in [0.05, 0.1) is 6.04 Å². The summed E-state index contributed by atoms with van der Waals surface area (Å²) in [6.07, 6.45) is 1.52. The monoisotopic (exact) mass is 257 g/mol. The van der Waals surface area contributed by atoms with Crippen LogP contribution in [0.5, 0.6) is 0 Å². The molecule has 1 fully saturated rings. The maximum absolute atomic E-state index is 12.0. The predicted octanol–water partition coefficient (Wildman–Crippen LogP) is 1.71. The minimum absolute atomic E-state index is 0.0382. The average molecular weight is 257 g/mol. The molecule has 0 amide bonds. The molecule has 0 spiro atoms. The Morgan fingerprint density at radius 2 is 1.94 bits per heavy atom. The Morgan fingerprint density at radius 1 is 1.29 bits per heavy atom. The number of Topliss-reactive ketones (excluding diaryl/α,β-unsaturated/α-hetero) is 2. The summed E-state index contributed by atoms with van der Waals surface area (Å²) < 4.78 is 0. The van der Waals surface area contributed by atoms with Crippen LogP contribution in [0.25, 0.3) is 0 Å². The molecule has 98 valence electrons. The number of hydrogen-bond donors (Lipinski definition) is 2. The van der Waals surface area contributed by atoms with Gasteiger partial charge in [0, 0.05) is 17.8 Å². The van der Waals surface area contributed by atoms with Gasteiger partial charge in [-0.2, -0.15) is 12.6 Å². The summed E-state index contributed by atoms with van der Waals surface area (Å²) in [6, 6.07) is -0.154. The fraction of sp³-hybridized carbons (Fsp3) is 0.846. The fourth-order valence-corrected chi connectivity index (χ4v) is 2.48. The van der Waals surface area contributed by atoms with Gasteiger partial charge in [0.15, 0.2) is 5.78 Å². The number of carbonyl (C=O) groups is 2. The molecule has 1 aliphatic heterocycles. The predicted molar refractivity (Wildman–Crippen MR) is 72.4 cm³/mol. The van der Waals surface area contributed by atoms with E-state index in [2.05, 4.69) is 17.9 Å². The SMILES string of the molecule is CC(C)C(=O)[C@H]1CCN[C@@H](C(=O)C(C)CS)C1. The Labute approximate surface area is 109 Å². The molecule has 17 heavy (non-hydrogen) atoms. The van der Waals surface area contributed by atoms with Crippen LogP contribution in [0.15, 0.2) is 0 Å². The van der Waals surface area contributed by atoms with Gasteiger partial charge < -0.3 is 5.32 Å². The number of carbonyl (C=O) groups excluding carboxylic acids is 2. The van der Waals surface area contributed by atoms with E-state index in [0.717, 1.165) is 13.0 Å². The summed E-state index contributed by atoms with van der Waals surface area (Å²) >= 11 is 4.15. The van der Waals surface area contributed by atoms with Crippen LogP contribution in [0.1, 0.15) is 33.6 Å². The molecule has 0 aromatic carbocycles. The van der Waals surface area contributed by atoms with E-state index in [1.54, 1.807) is 0 Å². The summed E-state index contributed by atoms with van der Waals surface area (Å²) in [5.74, 6) is 1.14. The van der Waals surface area contributed by atoms with E-state index in [0.29, 0.717) is 18.0 Å². The van der Waals surface area contributed by atoms with Crippen molar-refractivity contribution in [2.45, 2.75) is 39.7 Å². The van der Waals surface area contributed by atoms with Crippen LogP contribution >= 0.6 is 12.6 Å². The molecule has 1 rings (SSSR count). The van der Waals surface area contributed by atoms with Gasteiger partial charge in [0.25, 0.3) is 0 Å². The molecular weight excluding hydrogens is 234 g/mol. The average Bonchev–Trinajstić information content (AvgIpc) is 2.35. The first-order valence-electron chi connectivity index (χ1n) is 6.39. The lowest BCUT2D eigenvalue weighted by Gasteiger charge is -2.30. The highest BCUT2D eigenvalue weighted by Crippen LogP contribution is 2.22. The maximum atomic E-state index is 12.0. The molecule has 0 aromatic heterocycles. The van der Waals surface area contributed by atoms with Crippen molar-refractivity contribution in [3.05, 3.63) is 0 Å². The Kier molecular flexibility index (Phi) is 5.67. The second-order valence-corrected chi connectivity index (χ2v) is 5.64. The van der Waals surface area contributed by atoms with E-state index in [1.165, 1.54) is 0 Å². The van der Waals surface area contributed by atoms with Gasteiger partial charge in [-0.15, -0.1) is 0 Å². The topological polar surface area (TPSA) is 46.2 Å². The summed E-state index contributed by atoms with van der Waals surface area (Å²) in [6.45, 7) is 6.51. The van der Waals surface area contributed by atoms with Gasteiger partial charge in [-0.3, -0.25) is 9.59 Å². The van der Waals surface area contributed by atoms with E-state index in [1.807, 2.05) is 20.8 Å². The van der Waals surface area contributed by atoms with Crippen LogP contribution in [0, 0.1) is 17.8 Å². The molecule has 0 aromatic rings. The van der Waals surface area contributed by atoms with Crippen molar-refractivity contribution >= 4 is 24.2 Å². The summed E-state index contributed by atoms with van der Waals surface area (Å²) in [4.78, 5) is 24.0. The summed E-state index contributed by atoms with van der Waals surface area (Å²) in [5.41, 5.74) is 0. The highest BCUT2D eigenvalue weighted by Gasteiger charge is 2.32. The van der Waals surface area contributed by atoms with Gasteiger partial charge >= 0.3 is 0 Å². The molecule has 0 bridgehead atoms. The molecule has 1 unspecified atom stereocenters. The van der Waals surface area contributed by atoms with Gasteiger partial charge in [-0.1, -0.05) is 20.8 Å². The van der Waals surface area contributed by atoms with Crippen LogP contribution in [0.4, 0.5) is 0 Å². The molecule has 1 aliphatic rings. The van der Waals surface area contributed by atoms with Crippen molar-refractivity contribution in [2.75, 3.05) is 12.3 Å². The Balaban J connectivity index is 2.60. The second kappa shape index (κ2) is 6.55. The minimum Gasteiger partial charge on any atom is -0.307 e. The molecule has 1 saturated heterocycles. The lowest BCUT2D eigenvalue weighted by molar-refractivity contribution is -0.129. The third-order valence-electron chi connectivity index (χ3n) is 3.48. The molecule has 1 heterocycles. The van der Waals surface area contributed by atoms with Crippen molar-refractivity contribution < 1.29 is 9.59 Å². The zero-order chi connectivity index (χ0) is 13.0. The first kappa shape index (κ1) is 14.7. The number of nitrogens with one attached hydrogen (secondary N) is 1. The lowest BCUT2D eigenvalue weighted by atomic mass is 9.82. The van der Waals surface area contributed by atoms with Crippen molar-refractivity contribution in [3.63, 3.8) is 0 Å². The van der Waals surface area contributed by atoms with Gasteiger partial charge in [-0.25, -0.2) is 0 Å². The smallest absolute Gasteiger partial charge is 0.153 e. The first-order valence-corrected chi connectivity index (χ1v) is 7.02. The molecule has 0 aliphatic carbocycles. The van der Waals surface area contributed by atoms with Gasteiger partial charge in [0.1, 0.15) is 5.78 Å². The lowest BCUT2D eigenvalue weighted by Crippen LogP contribution is -2.47. The van der Waals surface area contributed by atoms with Crippen LogP contribution < -0.4 is 5.32 Å². The zero-order valence-corrected chi connectivity index (χ0v) is 11.8. The van der Waals surface area contributed by atoms with E-state index in [-0.39, 0.29) is 29.6 Å². The third-order valence-corrected chi connectivity index (χ3v) is 4.03. The molecule has 4 heteroatoms. The van der Waals surface area contributed by atoms with Crippen molar-refractivity contribution in [3.8, 4) is 0 Å². The minimum atomic E-state index is -0.154. The van der Waals surface area contributed by atoms with E-state index in [9.17, 15) is 9.59 Å². The number of hydrogen-bond acceptors (Lipinski definition) is 4. The third kappa shape index (κ3) is 3.81. The summed E-state index contributed by atoms with van der Waals surface area (Å²) in [5, 5.41) is 3.22. The van der Waals surface area contributed by atoms with Crippen LogP contribution in [0.3, 0.4) is 0 Å². The van der Waals surface area contributed by atoms with Gasteiger partial charge in [-0.05, 0) is 25.1 Å². The molecule has 3 nitrogen and oxygen atoms in total. The zero-order valence-electron chi connectivity index (χ0n) is 10.9. The van der Waals surface area contributed by atoms with Crippen molar-refractivity contribution in [1.29, 1.82) is 0 Å². The number of ketones is 2. The quantitative estimate of drug-likeness (QED) is 0.737. The highest BCUT2D eigenvalue weighted by atomic mass is 32.1. The largest absolute Gasteiger partial charge is 0.307 e.